The molecule has 0 amide bonds. The lowest BCUT2D eigenvalue weighted by atomic mass is 10.1. The van der Waals surface area contributed by atoms with Gasteiger partial charge in [0.15, 0.2) is 0 Å². The fourth-order valence-corrected chi connectivity index (χ4v) is 2.78. The summed E-state index contributed by atoms with van der Waals surface area (Å²) in [5.41, 5.74) is 0. The summed E-state index contributed by atoms with van der Waals surface area (Å²) in [6.45, 7) is 8.23. The van der Waals surface area contributed by atoms with E-state index in [9.17, 15) is 0 Å². The molecule has 0 aromatic heterocycles. The standard InChI is InChI=1S/C16H33NO/c1-2-3-4-5-6-7-8-11-15-18-16-14-17-12-9-10-13-17/h2-16H2,1H3/p+1. The Labute approximate surface area is 114 Å². The molecule has 0 unspecified atom stereocenters. The van der Waals surface area contributed by atoms with Crippen molar-refractivity contribution < 1.29 is 9.64 Å². The normalized spacial score (nSPS) is 16.5. The summed E-state index contributed by atoms with van der Waals surface area (Å²) in [7, 11) is 0. The van der Waals surface area contributed by atoms with Gasteiger partial charge in [-0.25, -0.2) is 0 Å². The van der Waals surface area contributed by atoms with E-state index in [0.29, 0.717) is 0 Å². The monoisotopic (exact) mass is 256 g/mol. The second kappa shape index (κ2) is 12.0. The lowest BCUT2D eigenvalue weighted by Crippen LogP contribution is -3.10. The average molecular weight is 256 g/mol. The van der Waals surface area contributed by atoms with Gasteiger partial charge < -0.3 is 9.64 Å². The molecular weight excluding hydrogens is 222 g/mol. The van der Waals surface area contributed by atoms with E-state index < -0.39 is 0 Å². The smallest absolute Gasteiger partial charge is 0.101 e. The van der Waals surface area contributed by atoms with E-state index in [1.54, 1.807) is 4.90 Å². The molecule has 0 aromatic rings. The predicted molar refractivity (Wildman–Crippen MR) is 78.2 cm³/mol. The maximum Gasteiger partial charge on any atom is 0.101 e. The van der Waals surface area contributed by atoms with Crippen molar-refractivity contribution in [2.24, 2.45) is 0 Å². The summed E-state index contributed by atoms with van der Waals surface area (Å²) in [5, 5.41) is 0. The molecule has 2 nitrogen and oxygen atoms in total. The molecule has 1 aliphatic rings. The van der Waals surface area contributed by atoms with Crippen molar-refractivity contribution >= 4 is 0 Å². The lowest BCUT2D eigenvalue weighted by Gasteiger charge is -2.11. The second-order valence-electron chi connectivity index (χ2n) is 5.79. The zero-order valence-corrected chi connectivity index (χ0v) is 12.5. The Hall–Kier alpha value is -0.0800. The highest BCUT2D eigenvalue weighted by molar-refractivity contribution is 4.47. The zero-order valence-electron chi connectivity index (χ0n) is 12.5. The Morgan fingerprint density at radius 1 is 0.778 bits per heavy atom. The van der Waals surface area contributed by atoms with Gasteiger partial charge in [-0.15, -0.1) is 0 Å². The lowest BCUT2D eigenvalue weighted by molar-refractivity contribution is -0.887. The third-order valence-corrected chi connectivity index (χ3v) is 4.05. The van der Waals surface area contributed by atoms with Crippen molar-refractivity contribution in [3.05, 3.63) is 0 Å². The molecule has 1 N–H and O–H groups in total. The number of rotatable bonds is 12. The molecule has 0 aliphatic carbocycles. The average Bonchev–Trinajstić information content (AvgIpc) is 2.89. The van der Waals surface area contributed by atoms with Crippen LogP contribution in [0.1, 0.15) is 71.1 Å². The number of likely N-dealkylation sites (tertiary alicyclic amines) is 1. The molecular formula is C16H34NO+. The van der Waals surface area contributed by atoms with Gasteiger partial charge in [-0.05, 0) is 6.42 Å². The van der Waals surface area contributed by atoms with Crippen molar-refractivity contribution in [2.45, 2.75) is 71.1 Å². The van der Waals surface area contributed by atoms with Gasteiger partial charge in [0.1, 0.15) is 6.54 Å². The molecule has 1 rings (SSSR count). The first-order chi connectivity index (χ1) is 8.93. The van der Waals surface area contributed by atoms with E-state index in [-0.39, 0.29) is 0 Å². The molecule has 2 heteroatoms. The minimum Gasteiger partial charge on any atom is -0.376 e. The van der Waals surface area contributed by atoms with Crippen LogP contribution in [0.2, 0.25) is 0 Å². The summed E-state index contributed by atoms with van der Waals surface area (Å²) in [6, 6.07) is 0. The van der Waals surface area contributed by atoms with Gasteiger partial charge in [0.05, 0.1) is 19.7 Å². The minimum atomic E-state index is 0.978. The Morgan fingerprint density at radius 2 is 1.39 bits per heavy atom. The number of unbranched alkanes of at least 4 members (excludes halogenated alkanes) is 7. The van der Waals surface area contributed by atoms with Gasteiger partial charge >= 0.3 is 0 Å². The molecule has 0 aromatic carbocycles. The molecule has 1 heterocycles. The van der Waals surface area contributed by atoms with Crippen molar-refractivity contribution in [3.8, 4) is 0 Å². The number of nitrogens with one attached hydrogen (secondary N) is 1. The molecule has 1 aliphatic heterocycles. The van der Waals surface area contributed by atoms with Crippen LogP contribution in [0.3, 0.4) is 0 Å². The fraction of sp³-hybridized carbons (Fsp3) is 1.00. The highest BCUT2D eigenvalue weighted by Gasteiger charge is 2.13. The summed E-state index contributed by atoms with van der Waals surface area (Å²) in [6.07, 6.45) is 14.0. The van der Waals surface area contributed by atoms with E-state index >= 15 is 0 Å². The van der Waals surface area contributed by atoms with Crippen molar-refractivity contribution in [2.75, 3.05) is 32.8 Å². The van der Waals surface area contributed by atoms with Gasteiger partial charge in [-0.3, -0.25) is 0 Å². The van der Waals surface area contributed by atoms with Crippen LogP contribution in [0.25, 0.3) is 0 Å². The van der Waals surface area contributed by atoms with Crippen LogP contribution in [-0.2, 0) is 4.74 Å². The van der Waals surface area contributed by atoms with E-state index in [4.69, 9.17) is 4.74 Å². The fourth-order valence-electron chi connectivity index (χ4n) is 2.78. The van der Waals surface area contributed by atoms with Crippen LogP contribution >= 0.6 is 0 Å². The van der Waals surface area contributed by atoms with Gasteiger partial charge in [-0.2, -0.15) is 0 Å². The summed E-state index contributed by atoms with van der Waals surface area (Å²) < 4.78 is 5.72. The Bertz CT molecular complexity index is 166. The van der Waals surface area contributed by atoms with Crippen molar-refractivity contribution in [1.29, 1.82) is 0 Å². The quantitative estimate of drug-likeness (QED) is 0.530. The van der Waals surface area contributed by atoms with E-state index in [1.165, 1.54) is 83.8 Å². The summed E-state index contributed by atoms with van der Waals surface area (Å²) in [4.78, 5) is 1.76. The number of quaternary nitrogens is 1. The predicted octanol–water partition coefficient (Wildman–Crippen LogP) is 2.82. The Morgan fingerprint density at radius 3 is 2.06 bits per heavy atom. The van der Waals surface area contributed by atoms with Crippen LogP contribution in [0, 0.1) is 0 Å². The van der Waals surface area contributed by atoms with E-state index in [0.717, 1.165) is 13.2 Å². The van der Waals surface area contributed by atoms with Gasteiger partial charge in [0.2, 0.25) is 0 Å². The van der Waals surface area contributed by atoms with Gasteiger partial charge in [-0.1, -0.05) is 51.9 Å². The van der Waals surface area contributed by atoms with Crippen molar-refractivity contribution in [1.82, 2.24) is 0 Å². The Kier molecular flexibility index (Phi) is 10.6. The largest absolute Gasteiger partial charge is 0.376 e. The molecule has 0 saturated carbocycles. The first-order valence-corrected chi connectivity index (χ1v) is 8.35. The Balaban J connectivity index is 1.68. The first-order valence-electron chi connectivity index (χ1n) is 8.35. The maximum absolute atomic E-state index is 5.72. The van der Waals surface area contributed by atoms with E-state index in [2.05, 4.69) is 6.92 Å². The van der Waals surface area contributed by atoms with Gasteiger partial charge in [0, 0.05) is 19.4 Å². The van der Waals surface area contributed by atoms with E-state index in [1.807, 2.05) is 0 Å². The molecule has 1 saturated heterocycles. The van der Waals surface area contributed by atoms with Crippen molar-refractivity contribution in [3.63, 3.8) is 0 Å². The van der Waals surface area contributed by atoms with Gasteiger partial charge in [0.25, 0.3) is 0 Å². The number of hydrogen-bond acceptors (Lipinski definition) is 1. The maximum atomic E-state index is 5.72. The van der Waals surface area contributed by atoms with Crippen LogP contribution in [0.15, 0.2) is 0 Å². The second-order valence-corrected chi connectivity index (χ2v) is 5.79. The molecule has 0 spiro atoms. The summed E-state index contributed by atoms with van der Waals surface area (Å²) >= 11 is 0. The molecule has 108 valence electrons. The molecule has 1 fully saturated rings. The SMILES string of the molecule is CCCCCCCCCCOCC[NH+]1CCCC1. The zero-order chi connectivity index (χ0) is 12.9. The highest BCUT2D eigenvalue weighted by Crippen LogP contribution is 2.08. The highest BCUT2D eigenvalue weighted by atomic mass is 16.5. The van der Waals surface area contributed by atoms with Crippen LogP contribution in [-0.4, -0.2) is 32.8 Å². The number of ether oxygens (including phenoxy) is 1. The third-order valence-electron chi connectivity index (χ3n) is 4.05. The topological polar surface area (TPSA) is 13.7 Å². The molecule has 0 atom stereocenters. The molecule has 0 radical (unpaired) electrons. The van der Waals surface area contributed by atoms with Crippen LogP contribution in [0.5, 0.6) is 0 Å². The third kappa shape index (κ3) is 8.93. The van der Waals surface area contributed by atoms with Crippen LogP contribution < -0.4 is 4.90 Å². The number of hydrogen-bond donors (Lipinski definition) is 1. The summed E-state index contributed by atoms with van der Waals surface area (Å²) in [5.74, 6) is 0. The molecule has 18 heavy (non-hydrogen) atoms. The van der Waals surface area contributed by atoms with Crippen LogP contribution in [0.4, 0.5) is 0 Å². The molecule has 0 bridgehead atoms. The first kappa shape index (κ1) is 16.0. The minimum absolute atomic E-state index is 0.978.